The first-order valence-corrected chi connectivity index (χ1v) is 18.5. The number of hydrogen-bond donors (Lipinski definition) is 0. The lowest BCUT2D eigenvalue weighted by atomic mass is 9.99. The number of nitrogens with zero attached hydrogens (tertiary/aromatic N) is 3. The fourth-order valence-electron chi connectivity index (χ4n) is 8.48. The van der Waals surface area contributed by atoms with Gasteiger partial charge in [0.1, 0.15) is 28.0 Å². The molecule has 0 amide bonds. The lowest BCUT2D eigenvalue weighted by molar-refractivity contribution is 0.663. The molecule has 0 saturated carbocycles. The first-order chi connectivity index (χ1) is 27.3. The van der Waals surface area contributed by atoms with Crippen LogP contribution in [-0.2, 0) is 0 Å². The molecule has 0 aliphatic rings. The Morgan fingerprint density at radius 2 is 1.09 bits per heavy atom. The summed E-state index contributed by atoms with van der Waals surface area (Å²) in [5.41, 5.74) is 12.0. The standard InChI is InChI=1S/C50H29N3O2/c1-3-13-31(14-4-1)50-51-46(38-20-11-19-37-36-18-9-10-21-43(36)54-48(37)38)49-47(52-50)40-29-33(24-27-44(40)55-49)32-23-25-41-39(28-32)45-35-17-8-7-12-30(35)22-26-42(45)53(41)34-15-5-2-6-16-34/h1-29H. The summed E-state index contributed by atoms with van der Waals surface area (Å²) in [4.78, 5) is 10.4. The van der Waals surface area contributed by atoms with Crippen LogP contribution in [0.1, 0.15) is 0 Å². The van der Waals surface area contributed by atoms with E-state index in [9.17, 15) is 0 Å². The fourth-order valence-corrected chi connectivity index (χ4v) is 8.48. The first kappa shape index (κ1) is 30.0. The van der Waals surface area contributed by atoms with E-state index in [2.05, 4.69) is 132 Å². The minimum Gasteiger partial charge on any atom is -0.455 e. The minimum absolute atomic E-state index is 0.631. The number of aromatic nitrogens is 3. The van der Waals surface area contributed by atoms with E-state index >= 15 is 0 Å². The molecule has 0 aliphatic heterocycles. The van der Waals surface area contributed by atoms with E-state index in [0.717, 1.165) is 66.4 Å². The van der Waals surface area contributed by atoms with Gasteiger partial charge in [0.2, 0.25) is 0 Å². The van der Waals surface area contributed by atoms with Gasteiger partial charge in [-0.3, -0.25) is 0 Å². The zero-order valence-electron chi connectivity index (χ0n) is 29.4. The average Bonchev–Trinajstić information content (AvgIpc) is 3.93. The molecule has 0 N–H and O–H groups in total. The number of benzene rings is 8. The van der Waals surface area contributed by atoms with Gasteiger partial charge in [0, 0.05) is 43.7 Å². The normalized spacial score (nSPS) is 12.0. The van der Waals surface area contributed by atoms with Crippen LogP contribution in [-0.4, -0.2) is 14.5 Å². The van der Waals surface area contributed by atoms with Crippen LogP contribution in [0.5, 0.6) is 0 Å². The van der Waals surface area contributed by atoms with E-state index in [0.29, 0.717) is 17.1 Å². The molecule has 0 bridgehead atoms. The highest BCUT2D eigenvalue weighted by Gasteiger charge is 2.23. The largest absolute Gasteiger partial charge is 0.455 e. The third-order valence-electron chi connectivity index (χ3n) is 11.0. The van der Waals surface area contributed by atoms with Gasteiger partial charge >= 0.3 is 0 Å². The van der Waals surface area contributed by atoms with Crippen LogP contribution in [0, 0.1) is 0 Å². The number of para-hydroxylation sites is 3. The third kappa shape index (κ3) is 4.47. The van der Waals surface area contributed by atoms with Gasteiger partial charge in [-0.1, -0.05) is 121 Å². The maximum absolute atomic E-state index is 6.70. The van der Waals surface area contributed by atoms with E-state index in [4.69, 9.17) is 18.8 Å². The van der Waals surface area contributed by atoms with Crippen molar-refractivity contribution in [3.8, 4) is 39.5 Å². The van der Waals surface area contributed by atoms with Crippen LogP contribution in [0.2, 0.25) is 0 Å². The molecular weight excluding hydrogens is 675 g/mol. The summed E-state index contributed by atoms with van der Waals surface area (Å²) in [6, 6.07) is 61.5. The van der Waals surface area contributed by atoms with Crippen LogP contribution in [0.25, 0.3) is 116 Å². The Morgan fingerprint density at radius 3 is 1.96 bits per heavy atom. The highest BCUT2D eigenvalue weighted by molar-refractivity contribution is 6.22. The molecular formula is C50H29N3O2. The minimum atomic E-state index is 0.631. The summed E-state index contributed by atoms with van der Waals surface area (Å²) >= 11 is 0. The molecule has 4 heterocycles. The second kappa shape index (κ2) is 11.5. The van der Waals surface area contributed by atoms with Crippen molar-refractivity contribution in [1.29, 1.82) is 0 Å². The van der Waals surface area contributed by atoms with Crippen molar-refractivity contribution in [3.63, 3.8) is 0 Å². The number of hydrogen-bond acceptors (Lipinski definition) is 4. The van der Waals surface area contributed by atoms with Crippen LogP contribution >= 0.6 is 0 Å². The molecule has 55 heavy (non-hydrogen) atoms. The summed E-state index contributed by atoms with van der Waals surface area (Å²) in [6.07, 6.45) is 0. The van der Waals surface area contributed by atoms with Gasteiger partial charge in [0.15, 0.2) is 11.4 Å². The molecule has 0 spiro atoms. The molecule has 0 saturated heterocycles. The molecule has 0 unspecified atom stereocenters. The molecule has 12 aromatic rings. The Morgan fingerprint density at radius 1 is 0.418 bits per heavy atom. The van der Waals surface area contributed by atoms with Crippen LogP contribution in [0.4, 0.5) is 0 Å². The predicted molar refractivity (Wildman–Crippen MR) is 225 cm³/mol. The summed E-state index contributed by atoms with van der Waals surface area (Å²) in [7, 11) is 0. The quantitative estimate of drug-likeness (QED) is 0.183. The summed E-state index contributed by atoms with van der Waals surface area (Å²) in [6.45, 7) is 0. The highest BCUT2D eigenvalue weighted by Crippen LogP contribution is 2.43. The van der Waals surface area contributed by atoms with Crippen molar-refractivity contribution in [1.82, 2.24) is 14.5 Å². The zero-order chi connectivity index (χ0) is 36.0. The smallest absolute Gasteiger partial charge is 0.180 e. The number of fused-ring (bicyclic) bond motifs is 11. The van der Waals surface area contributed by atoms with Crippen molar-refractivity contribution in [2.75, 3.05) is 0 Å². The van der Waals surface area contributed by atoms with E-state index in [-0.39, 0.29) is 0 Å². The molecule has 0 radical (unpaired) electrons. The molecule has 0 atom stereocenters. The van der Waals surface area contributed by atoms with Gasteiger partial charge < -0.3 is 13.4 Å². The fraction of sp³-hybridized carbons (Fsp3) is 0. The lowest BCUT2D eigenvalue weighted by Gasteiger charge is -2.08. The predicted octanol–water partition coefficient (Wildman–Crippen LogP) is 13.5. The summed E-state index contributed by atoms with van der Waals surface area (Å²) < 4.78 is 15.6. The summed E-state index contributed by atoms with van der Waals surface area (Å²) in [5.74, 6) is 0.631. The molecule has 256 valence electrons. The maximum Gasteiger partial charge on any atom is 0.180 e. The van der Waals surface area contributed by atoms with E-state index in [1.807, 2.05) is 48.5 Å². The molecule has 0 aliphatic carbocycles. The van der Waals surface area contributed by atoms with Crippen molar-refractivity contribution in [2.45, 2.75) is 0 Å². The van der Waals surface area contributed by atoms with E-state index in [1.165, 1.54) is 32.6 Å². The van der Waals surface area contributed by atoms with Gasteiger partial charge in [-0.2, -0.15) is 0 Å². The van der Waals surface area contributed by atoms with Crippen LogP contribution in [0.3, 0.4) is 0 Å². The van der Waals surface area contributed by atoms with E-state index in [1.54, 1.807) is 0 Å². The van der Waals surface area contributed by atoms with E-state index < -0.39 is 0 Å². The van der Waals surface area contributed by atoms with Crippen LogP contribution < -0.4 is 0 Å². The number of rotatable bonds is 4. The van der Waals surface area contributed by atoms with Gasteiger partial charge in [-0.25, -0.2) is 9.97 Å². The molecule has 4 aromatic heterocycles. The third-order valence-corrected chi connectivity index (χ3v) is 11.0. The topological polar surface area (TPSA) is 57.0 Å². The highest BCUT2D eigenvalue weighted by atomic mass is 16.3. The Hall–Kier alpha value is -7.50. The monoisotopic (exact) mass is 703 g/mol. The average molecular weight is 704 g/mol. The first-order valence-electron chi connectivity index (χ1n) is 18.5. The van der Waals surface area contributed by atoms with Crippen molar-refractivity contribution in [2.24, 2.45) is 0 Å². The Bertz CT molecular complexity index is 3480. The lowest BCUT2D eigenvalue weighted by Crippen LogP contribution is -1.94. The van der Waals surface area contributed by atoms with Crippen molar-refractivity contribution < 1.29 is 8.83 Å². The van der Waals surface area contributed by atoms with Gasteiger partial charge in [0.25, 0.3) is 0 Å². The Labute approximate surface area is 314 Å². The summed E-state index contributed by atoms with van der Waals surface area (Å²) in [5, 5.41) is 7.96. The Balaban J connectivity index is 1.11. The number of furan rings is 2. The second-order valence-corrected chi connectivity index (χ2v) is 14.1. The molecule has 12 rings (SSSR count). The molecule has 5 nitrogen and oxygen atoms in total. The van der Waals surface area contributed by atoms with Gasteiger partial charge in [-0.15, -0.1) is 0 Å². The SMILES string of the molecule is c1ccc(-c2nc(-c3cccc4c3oc3ccccc34)c3oc4ccc(-c5ccc6c(c5)c5c7ccccc7ccc5n6-c5ccccc5)cc4c3n2)cc1. The molecule has 5 heteroatoms. The Kier molecular flexibility index (Phi) is 6.27. The maximum atomic E-state index is 6.70. The van der Waals surface area contributed by atoms with Gasteiger partial charge in [0.05, 0.1) is 11.0 Å². The zero-order valence-corrected chi connectivity index (χ0v) is 29.4. The van der Waals surface area contributed by atoms with Crippen LogP contribution in [0.15, 0.2) is 185 Å². The second-order valence-electron chi connectivity index (χ2n) is 14.1. The van der Waals surface area contributed by atoms with Gasteiger partial charge in [-0.05, 0) is 76.5 Å². The molecule has 8 aromatic carbocycles. The van der Waals surface area contributed by atoms with Crippen molar-refractivity contribution >= 4 is 76.6 Å². The van der Waals surface area contributed by atoms with Crippen molar-refractivity contribution in [3.05, 3.63) is 176 Å². The molecule has 0 fully saturated rings.